The minimum atomic E-state index is -0.997. The highest BCUT2D eigenvalue weighted by atomic mass is 35.5. The third-order valence-corrected chi connectivity index (χ3v) is 18.7. The molecular formula is C84H102Cl6O16. The van der Waals surface area contributed by atoms with Gasteiger partial charge in [-0.05, 0) is 189 Å². The van der Waals surface area contributed by atoms with Gasteiger partial charge in [0.25, 0.3) is 0 Å². The second-order valence-electron chi connectivity index (χ2n) is 25.9. The molecule has 1 aliphatic heterocycles. The molecule has 16 nitrogen and oxygen atoms in total. The van der Waals surface area contributed by atoms with Gasteiger partial charge in [0.05, 0.1) is 61.4 Å². The summed E-state index contributed by atoms with van der Waals surface area (Å²) in [6.07, 6.45) is 16.0. The fraction of sp³-hybridized carbons (Fsp3) is 0.405. The maximum absolute atomic E-state index is 11.3. The molecule has 1 saturated heterocycles. The lowest BCUT2D eigenvalue weighted by Crippen LogP contribution is -2.30. The normalized spacial score (nSPS) is 13.6. The Bertz CT molecular complexity index is 3520. The molecule has 0 saturated carbocycles. The van der Waals surface area contributed by atoms with E-state index in [-0.39, 0.29) is 18.3 Å². The van der Waals surface area contributed by atoms with Crippen LogP contribution < -0.4 is 0 Å². The van der Waals surface area contributed by atoms with E-state index in [1.165, 1.54) is 25.7 Å². The molecule has 0 bridgehead atoms. The van der Waals surface area contributed by atoms with Crippen LogP contribution in [0.5, 0.6) is 0 Å². The number of hydrogen-bond acceptors (Lipinski definition) is 10. The zero-order valence-electron chi connectivity index (χ0n) is 60.2. The number of allylic oxidation sites excluding steroid dienone is 1. The summed E-state index contributed by atoms with van der Waals surface area (Å²) in [6.45, 7) is 8.71. The summed E-state index contributed by atoms with van der Waals surface area (Å²) in [7, 11) is 0. The van der Waals surface area contributed by atoms with Crippen LogP contribution in [0.3, 0.4) is 0 Å². The molecule has 7 aromatic carbocycles. The SMILES string of the molecule is C=CC[C@H](Cc1ccc(Cl)cc1)C(=O)O.CCCCCC[C@H](Cc1ccc(Cl)cc1)C(=O)O.CCCCCC[C@H](Cc1ccc(Cl)cc1)C(=O)O.O=C(O)[C@@H](Cc1ccc(Cl)cc1)CC(O)CO.O=C(O)[C@@H](Cc1ccc(Cl)cc1)CC1OCCCO1.O=C(O)[C@H](Cc1ccccc1)Cc1ccc(Cl)cc1. The Kier molecular flexibility index (Phi) is 47.6. The van der Waals surface area contributed by atoms with Crippen molar-refractivity contribution in [3.05, 3.63) is 258 Å². The average Bonchev–Trinajstić information content (AvgIpc) is 0.905. The molecule has 106 heavy (non-hydrogen) atoms. The Morgan fingerprint density at radius 1 is 0.387 bits per heavy atom. The molecule has 1 aliphatic rings. The number of unbranched alkanes of at least 4 members (excludes halogenated alkanes) is 6. The number of hydrogen-bond donors (Lipinski definition) is 8. The Labute approximate surface area is 654 Å². The van der Waals surface area contributed by atoms with Crippen LogP contribution in [0.2, 0.25) is 30.1 Å². The predicted octanol–water partition coefficient (Wildman–Crippen LogP) is 20.2. The van der Waals surface area contributed by atoms with Crippen LogP contribution in [0.25, 0.3) is 0 Å². The van der Waals surface area contributed by atoms with Crippen LogP contribution in [-0.2, 0) is 83.2 Å². The molecule has 1 fully saturated rings. The number of aliphatic hydroxyl groups excluding tert-OH is 2. The predicted molar refractivity (Wildman–Crippen MR) is 423 cm³/mol. The van der Waals surface area contributed by atoms with E-state index >= 15 is 0 Å². The minimum absolute atomic E-state index is 0.0362. The maximum Gasteiger partial charge on any atom is 0.307 e. The van der Waals surface area contributed by atoms with Gasteiger partial charge >= 0.3 is 35.8 Å². The fourth-order valence-corrected chi connectivity index (χ4v) is 11.9. The van der Waals surface area contributed by atoms with E-state index in [1.807, 2.05) is 115 Å². The fourth-order valence-electron chi connectivity index (χ4n) is 11.2. The van der Waals surface area contributed by atoms with Crippen LogP contribution in [0, 0.1) is 35.5 Å². The summed E-state index contributed by atoms with van der Waals surface area (Å²) in [6, 6.07) is 53.3. The lowest BCUT2D eigenvalue weighted by atomic mass is 9.93. The molecule has 8 rings (SSSR count). The molecule has 0 aliphatic carbocycles. The molecule has 22 heteroatoms. The van der Waals surface area contributed by atoms with Gasteiger partial charge in [-0.1, -0.05) is 244 Å². The second-order valence-corrected chi connectivity index (χ2v) is 28.6. The minimum Gasteiger partial charge on any atom is -0.481 e. The van der Waals surface area contributed by atoms with Crippen molar-refractivity contribution in [2.24, 2.45) is 35.5 Å². The summed E-state index contributed by atoms with van der Waals surface area (Å²) in [5, 5.41) is 76.9. The zero-order valence-corrected chi connectivity index (χ0v) is 64.8. The van der Waals surface area contributed by atoms with Gasteiger partial charge in [-0.25, -0.2) is 0 Å². The molecule has 8 N–H and O–H groups in total. The summed E-state index contributed by atoms with van der Waals surface area (Å²) < 4.78 is 10.8. The van der Waals surface area contributed by atoms with Crippen molar-refractivity contribution in [3.8, 4) is 0 Å². The first kappa shape index (κ1) is 92.9. The van der Waals surface area contributed by atoms with Crippen molar-refractivity contribution in [3.63, 3.8) is 0 Å². The summed E-state index contributed by atoms with van der Waals surface area (Å²) in [4.78, 5) is 67.0. The number of carboxylic acid groups (broad SMARTS) is 6. The standard InChI is InChI=1S/C16H15ClO2.2C15H21ClO2.C14H17ClO4.C12H15ClO4.C12H13ClO2/c17-15-8-6-13(7-9-15)11-14(16(18)19)10-12-4-2-1-3-5-12;2*1-2-3-4-5-6-13(15(17)18)11-12-7-9-14(16)10-8-12;15-12-4-2-10(3-5-12)8-11(14(16)17)9-13-18-6-1-7-19-13;13-10-3-1-8(2-4-10)5-9(12(16)17)6-11(15)7-14;1-2-3-10(12(14)15)8-9-4-6-11(13)7-5-9/h1-9,14H,10-11H2,(H,18,19);2*7-10,13H,2-6,11H2,1H3,(H,17,18);2-5,11,13H,1,6-9H2,(H,16,17);1-4,9,11,14-15H,5-7H2,(H,16,17);2,4-7,10H,1,3,8H2,(H,14,15)/t14-;2*13-;11-;9-,11?;10-/m111001/s1. The van der Waals surface area contributed by atoms with E-state index in [0.717, 1.165) is 83.9 Å². The van der Waals surface area contributed by atoms with Gasteiger partial charge < -0.3 is 50.3 Å². The summed E-state index contributed by atoms with van der Waals surface area (Å²) >= 11 is 34.7. The number of aliphatic hydroxyl groups is 2. The van der Waals surface area contributed by atoms with Gasteiger partial charge in [-0.3, -0.25) is 28.8 Å². The smallest absolute Gasteiger partial charge is 0.307 e. The van der Waals surface area contributed by atoms with Crippen LogP contribution in [0.1, 0.15) is 143 Å². The Balaban J connectivity index is 0.000000331. The topological polar surface area (TPSA) is 283 Å². The van der Waals surface area contributed by atoms with E-state index in [1.54, 1.807) is 66.7 Å². The number of halogens is 6. The van der Waals surface area contributed by atoms with Crippen molar-refractivity contribution >= 4 is 105 Å². The Morgan fingerprint density at radius 2 is 0.660 bits per heavy atom. The zero-order chi connectivity index (χ0) is 78.2. The summed E-state index contributed by atoms with van der Waals surface area (Å²) in [5.74, 6) is -7.33. The van der Waals surface area contributed by atoms with E-state index in [4.69, 9.17) is 94.4 Å². The van der Waals surface area contributed by atoms with Crippen molar-refractivity contribution < 1.29 is 79.1 Å². The molecule has 0 amide bonds. The molecule has 0 aromatic heterocycles. The summed E-state index contributed by atoms with van der Waals surface area (Å²) in [5.41, 5.74) is 6.90. The van der Waals surface area contributed by atoms with Gasteiger partial charge in [0, 0.05) is 36.6 Å². The van der Waals surface area contributed by atoms with Gasteiger partial charge in [-0.15, -0.1) is 6.58 Å². The largest absolute Gasteiger partial charge is 0.481 e. The molecule has 1 heterocycles. The van der Waals surface area contributed by atoms with Gasteiger partial charge in [0.15, 0.2) is 6.29 Å². The van der Waals surface area contributed by atoms with Gasteiger partial charge in [-0.2, -0.15) is 0 Å². The van der Waals surface area contributed by atoms with Gasteiger partial charge in [0.2, 0.25) is 0 Å². The van der Waals surface area contributed by atoms with E-state index in [0.29, 0.717) is 101 Å². The van der Waals surface area contributed by atoms with E-state index in [9.17, 15) is 54.3 Å². The Hall–Kier alpha value is -7.32. The van der Waals surface area contributed by atoms with Crippen molar-refractivity contribution in [1.82, 2.24) is 0 Å². The highest BCUT2D eigenvalue weighted by Crippen LogP contribution is 2.25. The van der Waals surface area contributed by atoms with Crippen LogP contribution in [0.4, 0.5) is 0 Å². The van der Waals surface area contributed by atoms with Crippen LogP contribution >= 0.6 is 69.6 Å². The highest BCUT2D eigenvalue weighted by Gasteiger charge is 2.27. The number of ether oxygens (including phenoxy) is 2. The molecule has 7 atom stereocenters. The van der Waals surface area contributed by atoms with E-state index < -0.39 is 78.5 Å². The molecule has 0 spiro atoms. The first-order chi connectivity index (χ1) is 50.7. The molecule has 0 radical (unpaired) electrons. The van der Waals surface area contributed by atoms with Crippen LogP contribution in [-0.4, -0.2) is 109 Å². The third kappa shape index (κ3) is 41.7. The lowest BCUT2D eigenvalue weighted by Gasteiger charge is -2.25. The van der Waals surface area contributed by atoms with Gasteiger partial charge in [0.1, 0.15) is 0 Å². The molecule has 1 unspecified atom stereocenters. The quantitative estimate of drug-likeness (QED) is 0.0133. The van der Waals surface area contributed by atoms with E-state index in [2.05, 4.69) is 20.4 Å². The average molecular weight is 1580 g/mol. The number of benzene rings is 7. The Morgan fingerprint density at radius 3 is 0.943 bits per heavy atom. The number of carboxylic acids is 6. The van der Waals surface area contributed by atoms with Crippen LogP contribution in [0.15, 0.2) is 189 Å². The van der Waals surface area contributed by atoms with Crippen molar-refractivity contribution in [2.45, 2.75) is 161 Å². The highest BCUT2D eigenvalue weighted by molar-refractivity contribution is 6.32. The number of rotatable bonds is 37. The number of aliphatic carboxylic acids is 6. The first-order valence-corrected chi connectivity index (χ1v) is 38.0. The van der Waals surface area contributed by atoms with Crippen molar-refractivity contribution in [2.75, 3.05) is 19.8 Å². The lowest BCUT2D eigenvalue weighted by molar-refractivity contribution is -0.190. The maximum atomic E-state index is 11.3. The molecule has 7 aromatic rings. The third-order valence-electron chi connectivity index (χ3n) is 17.2. The molecule has 576 valence electrons. The number of carbonyl (C=O) groups is 6. The second kappa shape index (κ2) is 54.3. The monoisotopic (exact) mass is 1580 g/mol. The molecular weight excluding hydrogens is 1480 g/mol. The first-order valence-electron chi connectivity index (χ1n) is 35.7. The van der Waals surface area contributed by atoms with Crippen molar-refractivity contribution in [1.29, 1.82) is 0 Å².